The van der Waals surface area contributed by atoms with Crippen LogP contribution in [-0.4, -0.2) is 55.5 Å². The van der Waals surface area contributed by atoms with Crippen LogP contribution in [-0.2, 0) is 4.79 Å². The number of piperazine rings is 1. The van der Waals surface area contributed by atoms with Gasteiger partial charge in [-0.3, -0.25) is 9.69 Å². The molecule has 0 saturated carbocycles. The number of rotatable bonds is 6. The SMILES string of the molecule is CCC(c1ccc(F)cc1F)N1CCN(CCC(=O)NC)CC1. The molecule has 1 fully saturated rings. The van der Waals surface area contributed by atoms with E-state index >= 15 is 0 Å². The number of nitrogens with one attached hydrogen (secondary N) is 1. The van der Waals surface area contributed by atoms with E-state index in [1.807, 2.05) is 6.92 Å². The summed E-state index contributed by atoms with van der Waals surface area (Å²) in [6, 6.07) is 3.80. The fourth-order valence-corrected chi connectivity index (χ4v) is 3.13. The lowest BCUT2D eigenvalue weighted by molar-refractivity contribution is -0.121. The van der Waals surface area contributed by atoms with E-state index in [2.05, 4.69) is 15.1 Å². The minimum Gasteiger partial charge on any atom is -0.359 e. The van der Waals surface area contributed by atoms with Crippen molar-refractivity contribution < 1.29 is 13.6 Å². The fourth-order valence-electron chi connectivity index (χ4n) is 3.13. The molecule has 23 heavy (non-hydrogen) atoms. The summed E-state index contributed by atoms with van der Waals surface area (Å²) in [5, 5.41) is 2.62. The van der Waals surface area contributed by atoms with Crippen LogP contribution in [0.3, 0.4) is 0 Å². The van der Waals surface area contributed by atoms with Gasteiger partial charge in [0.1, 0.15) is 11.6 Å². The Morgan fingerprint density at radius 3 is 2.52 bits per heavy atom. The molecule has 1 atom stereocenters. The van der Waals surface area contributed by atoms with E-state index in [9.17, 15) is 13.6 Å². The Labute approximate surface area is 136 Å². The van der Waals surface area contributed by atoms with Crippen molar-refractivity contribution in [1.29, 1.82) is 0 Å². The highest BCUT2D eigenvalue weighted by Gasteiger charge is 2.26. The first-order valence-electron chi connectivity index (χ1n) is 8.17. The Hall–Kier alpha value is -1.53. The molecular weight excluding hydrogens is 300 g/mol. The maximum absolute atomic E-state index is 14.0. The first-order chi connectivity index (χ1) is 11.0. The Balaban J connectivity index is 1.93. The molecule has 1 aromatic rings. The molecule has 1 saturated heterocycles. The highest BCUT2D eigenvalue weighted by Crippen LogP contribution is 2.27. The molecule has 0 bridgehead atoms. The Bertz CT molecular complexity index is 531. The van der Waals surface area contributed by atoms with Crippen LogP contribution in [0.15, 0.2) is 18.2 Å². The lowest BCUT2D eigenvalue weighted by atomic mass is 10.0. The molecule has 0 spiro atoms. The van der Waals surface area contributed by atoms with Crippen LogP contribution < -0.4 is 5.32 Å². The lowest BCUT2D eigenvalue weighted by Crippen LogP contribution is -2.48. The van der Waals surface area contributed by atoms with Gasteiger partial charge >= 0.3 is 0 Å². The first-order valence-corrected chi connectivity index (χ1v) is 8.17. The zero-order chi connectivity index (χ0) is 16.8. The predicted octanol–water partition coefficient (Wildman–Crippen LogP) is 2.17. The molecule has 0 radical (unpaired) electrons. The van der Waals surface area contributed by atoms with E-state index in [1.165, 1.54) is 6.07 Å². The Kier molecular flexibility index (Phi) is 6.47. The Morgan fingerprint density at radius 1 is 1.26 bits per heavy atom. The van der Waals surface area contributed by atoms with E-state index in [-0.39, 0.29) is 11.9 Å². The van der Waals surface area contributed by atoms with Crippen LogP contribution >= 0.6 is 0 Å². The van der Waals surface area contributed by atoms with Crippen LogP contribution in [0.4, 0.5) is 8.78 Å². The average Bonchev–Trinajstić information content (AvgIpc) is 2.56. The zero-order valence-electron chi connectivity index (χ0n) is 13.8. The summed E-state index contributed by atoms with van der Waals surface area (Å²) in [6.45, 7) is 6.12. The van der Waals surface area contributed by atoms with Crippen molar-refractivity contribution in [2.75, 3.05) is 39.8 Å². The molecule has 1 heterocycles. The molecule has 1 N–H and O–H groups in total. The number of hydrogen-bond acceptors (Lipinski definition) is 3. The quantitative estimate of drug-likeness (QED) is 0.871. The van der Waals surface area contributed by atoms with Gasteiger partial charge in [0.05, 0.1) is 0 Å². The number of hydrogen-bond donors (Lipinski definition) is 1. The molecule has 1 aliphatic heterocycles. The van der Waals surface area contributed by atoms with E-state index in [4.69, 9.17) is 0 Å². The van der Waals surface area contributed by atoms with Gasteiger partial charge in [0.15, 0.2) is 0 Å². The highest BCUT2D eigenvalue weighted by atomic mass is 19.1. The van der Waals surface area contributed by atoms with Crippen LogP contribution in [0.1, 0.15) is 31.4 Å². The fraction of sp³-hybridized carbons (Fsp3) is 0.588. The second kappa shape index (κ2) is 8.36. The molecule has 0 aliphatic carbocycles. The third-order valence-corrected chi connectivity index (χ3v) is 4.49. The second-order valence-corrected chi connectivity index (χ2v) is 5.89. The van der Waals surface area contributed by atoms with Gasteiger partial charge in [0.2, 0.25) is 5.91 Å². The summed E-state index contributed by atoms with van der Waals surface area (Å²) in [5.41, 5.74) is 0.563. The number of halogens is 2. The molecule has 128 valence electrons. The number of amides is 1. The first kappa shape index (κ1) is 17.8. The van der Waals surface area contributed by atoms with E-state index in [0.717, 1.165) is 45.2 Å². The topological polar surface area (TPSA) is 35.6 Å². The van der Waals surface area contributed by atoms with Crippen molar-refractivity contribution in [3.63, 3.8) is 0 Å². The summed E-state index contributed by atoms with van der Waals surface area (Å²) in [6.07, 6.45) is 1.28. The van der Waals surface area contributed by atoms with Crippen molar-refractivity contribution in [2.45, 2.75) is 25.8 Å². The van der Waals surface area contributed by atoms with Gasteiger partial charge in [0, 0.05) is 63.9 Å². The zero-order valence-corrected chi connectivity index (χ0v) is 13.8. The van der Waals surface area contributed by atoms with E-state index in [1.54, 1.807) is 13.1 Å². The van der Waals surface area contributed by atoms with Crippen LogP contribution in [0.25, 0.3) is 0 Å². The minimum absolute atomic E-state index is 0.0308. The third kappa shape index (κ3) is 4.72. The normalized spacial score (nSPS) is 17.9. The monoisotopic (exact) mass is 325 g/mol. The third-order valence-electron chi connectivity index (χ3n) is 4.49. The molecular formula is C17H25F2N3O. The number of benzene rings is 1. The van der Waals surface area contributed by atoms with Crippen LogP contribution in [0.2, 0.25) is 0 Å². The molecule has 1 amide bonds. The number of carbonyl (C=O) groups excluding carboxylic acids is 1. The van der Waals surface area contributed by atoms with Crippen molar-refractivity contribution in [3.05, 3.63) is 35.4 Å². The summed E-state index contributed by atoms with van der Waals surface area (Å²) >= 11 is 0. The van der Waals surface area contributed by atoms with Crippen molar-refractivity contribution >= 4 is 5.91 Å². The standard InChI is InChI=1S/C17H25F2N3O/c1-3-16(14-5-4-13(18)12-15(14)19)22-10-8-21(9-11-22)7-6-17(23)20-2/h4-5,12,16H,3,6-11H2,1-2H3,(H,20,23). The number of carbonyl (C=O) groups is 1. The number of nitrogens with zero attached hydrogens (tertiary/aromatic N) is 2. The highest BCUT2D eigenvalue weighted by molar-refractivity contribution is 5.75. The van der Waals surface area contributed by atoms with Gasteiger partial charge in [-0.25, -0.2) is 8.78 Å². The van der Waals surface area contributed by atoms with E-state index in [0.29, 0.717) is 12.0 Å². The molecule has 6 heteroatoms. The predicted molar refractivity (Wildman–Crippen MR) is 86.1 cm³/mol. The average molecular weight is 325 g/mol. The van der Waals surface area contributed by atoms with Crippen LogP contribution in [0.5, 0.6) is 0 Å². The molecule has 1 aliphatic rings. The second-order valence-electron chi connectivity index (χ2n) is 5.89. The molecule has 0 aromatic heterocycles. The van der Waals surface area contributed by atoms with Gasteiger partial charge in [-0.1, -0.05) is 13.0 Å². The van der Waals surface area contributed by atoms with Crippen LogP contribution in [0, 0.1) is 11.6 Å². The van der Waals surface area contributed by atoms with Gasteiger partial charge in [-0.15, -0.1) is 0 Å². The van der Waals surface area contributed by atoms with Crippen molar-refractivity contribution in [2.24, 2.45) is 0 Å². The van der Waals surface area contributed by atoms with Gasteiger partial charge in [0.25, 0.3) is 0 Å². The van der Waals surface area contributed by atoms with Gasteiger partial charge < -0.3 is 10.2 Å². The van der Waals surface area contributed by atoms with Crippen molar-refractivity contribution in [1.82, 2.24) is 15.1 Å². The maximum Gasteiger partial charge on any atom is 0.221 e. The smallest absolute Gasteiger partial charge is 0.221 e. The van der Waals surface area contributed by atoms with Crippen molar-refractivity contribution in [3.8, 4) is 0 Å². The molecule has 2 rings (SSSR count). The maximum atomic E-state index is 14.0. The Morgan fingerprint density at radius 2 is 1.96 bits per heavy atom. The summed E-state index contributed by atoms with van der Waals surface area (Å²) < 4.78 is 27.1. The summed E-state index contributed by atoms with van der Waals surface area (Å²) in [4.78, 5) is 15.8. The van der Waals surface area contributed by atoms with Gasteiger partial charge in [-0.05, 0) is 12.5 Å². The molecule has 1 aromatic carbocycles. The summed E-state index contributed by atoms with van der Waals surface area (Å²) in [7, 11) is 1.64. The lowest BCUT2D eigenvalue weighted by Gasteiger charge is -2.39. The largest absolute Gasteiger partial charge is 0.359 e. The molecule has 1 unspecified atom stereocenters. The van der Waals surface area contributed by atoms with Gasteiger partial charge in [-0.2, -0.15) is 0 Å². The minimum atomic E-state index is -0.542. The van der Waals surface area contributed by atoms with E-state index < -0.39 is 11.6 Å². The molecule has 4 nitrogen and oxygen atoms in total. The summed E-state index contributed by atoms with van der Waals surface area (Å²) in [5.74, 6) is -0.966.